The molecule has 138 valence electrons. The molecular weight excluding hydrogens is 345 g/mol. The number of hydrogen-bond acceptors (Lipinski definition) is 4. The van der Waals surface area contributed by atoms with Gasteiger partial charge in [-0.05, 0) is 44.4 Å². The standard InChI is InChI=1S/C21H20FN3O2/c1-14-7-6-8-15(13-14)19-23-20(27-24-19)18-11-4-5-12-25(18)21(26)16-9-2-3-10-17(16)22/h2-3,6-10,13,18H,4-5,11-12H2,1H3. The second kappa shape index (κ2) is 7.31. The summed E-state index contributed by atoms with van der Waals surface area (Å²) < 4.78 is 19.6. The zero-order valence-electron chi connectivity index (χ0n) is 15.1. The van der Waals surface area contributed by atoms with E-state index in [1.54, 1.807) is 17.0 Å². The first-order valence-electron chi connectivity index (χ1n) is 9.09. The number of halogens is 1. The number of rotatable bonds is 3. The van der Waals surface area contributed by atoms with E-state index in [-0.39, 0.29) is 17.5 Å². The van der Waals surface area contributed by atoms with E-state index in [0.29, 0.717) is 18.3 Å². The fourth-order valence-corrected chi connectivity index (χ4v) is 3.49. The van der Waals surface area contributed by atoms with Gasteiger partial charge in [-0.25, -0.2) is 4.39 Å². The lowest BCUT2D eigenvalue weighted by Gasteiger charge is -2.33. The maximum Gasteiger partial charge on any atom is 0.257 e. The molecule has 4 rings (SSSR count). The Morgan fingerprint density at radius 1 is 1.19 bits per heavy atom. The summed E-state index contributed by atoms with van der Waals surface area (Å²) in [5.41, 5.74) is 2.04. The van der Waals surface area contributed by atoms with Crippen molar-refractivity contribution in [1.29, 1.82) is 0 Å². The fourth-order valence-electron chi connectivity index (χ4n) is 3.49. The molecule has 0 bridgehead atoms. The Bertz CT molecular complexity index is 969. The summed E-state index contributed by atoms with van der Waals surface area (Å²) in [4.78, 5) is 19.1. The Labute approximate surface area is 156 Å². The van der Waals surface area contributed by atoms with Crippen molar-refractivity contribution in [2.75, 3.05) is 6.54 Å². The number of carbonyl (C=O) groups excluding carboxylic acids is 1. The molecule has 0 radical (unpaired) electrons. The summed E-state index contributed by atoms with van der Waals surface area (Å²) in [5.74, 6) is 0.0411. The number of aryl methyl sites for hydroxylation is 1. The van der Waals surface area contributed by atoms with Gasteiger partial charge in [0.25, 0.3) is 5.91 Å². The maximum atomic E-state index is 14.1. The van der Waals surface area contributed by atoms with Gasteiger partial charge in [-0.15, -0.1) is 0 Å². The van der Waals surface area contributed by atoms with E-state index in [2.05, 4.69) is 10.1 Å². The van der Waals surface area contributed by atoms with Crippen molar-refractivity contribution < 1.29 is 13.7 Å². The summed E-state index contributed by atoms with van der Waals surface area (Å²) in [6, 6.07) is 13.6. The number of benzene rings is 2. The minimum absolute atomic E-state index is 0.0721. The van der Waals surface area contributed by atoms with Crippen LogP contribution in [0.5, 0.6) is 0 Å². The highest BCUT2D eigenvalue weighted by molar-refractivity contribution is 5.94. The first kappa shape index (κ1) is 17.4. The highest BCUT2D eigenvalue weighted by atomic mass is 19.1. The lowest BCUT2D eigenvalue weighted by molar-refractivity contribution is 0.0556. The molecule has 1 unspecified atom stereocenters. The Morgan fingerprint density at radius 3 is 2.85 bits per heavy atom. The Morgan fingerprint density at radius 2 is 2.04 bits per heavy atom. The number of carbonyl (C=O) groups is 1. The van der Waals surface area contributed by atoms with E-state index >= 15 is 0 Å². The largest absolute Gasteiger partial charge is 0.337 e. The summed E-state index contributed by atoms with van der Waals surface area (Å²) >= 11 is 0. The van der Waals surface area contributed by atoms with Gasteiger partial charge in [0.2, 0.25) is 11.7 Å². The van der Waals surface area contributed by atoms with Gasteiger partial charge < -0.3 is 9.42 Å². The third-order valence-electron chi connectivity index (χ3n) is 4.87. The van der Waals surface area contributed by atoms with Crippen molar-refractivity contribution in [1.82, 2.24) is 15.0 Å². The average molecular weight is 365 g/mol. The number of nitrogens with zero attached hydrogens (tertiary/aromatic N) is 3. The van der Waals surface area contributed by atoms with Crippen molar-refractivity contribution >= 4 is 5.91 Å². The molecule has 6 heteroatoms. The van der Waals surface area contributed by atoms with Crippen LogP contribution in [0.4, 0.5) is 4.39 Å². The molecule has 1 saturated heterocycles. The molecule has 1 aromatic heterocycles. The highest BCUT2D eigenvalue weighted by Crippen LogP contribution is 2.32. The van der Waals surface area contributed by atoms with Crippen molar-refractivity contribution in [3.63, 3.8) is 0 Å². The summed E-state index contributed by atoms with van der Waals surface area (Å²) in [7, 11) is 0. The molecule has 0 saturated carbocycles. The molecule has 1 aliphatic heterocycles. The smallest absolute Gasteiger partial charge is 0.257 e. The molecule has 1 aliphatic rings. The number of aromatic nitrogens is 2. The van der Waals surface area contributed by atoms with Gasteiger partial charge in [0, 0.05) is 12.1 Å². The van der Waals surface area contributed by atoms with Gasteiger partial charge in [0.1, 0.15) is 11.9 Å². The van der Waals surface area contributed by atoms with Crippen LogP contribution in [-0.2, 0) is 0 Å². The van der Waals surface area contributed by atoms with Crippen LogP contribution in [0.15, 0.2) is 53.1 Å². The van der Waals surface area contributed by atoms with Crippen LogP contribution in [-0.4, -0.2) is 27.5 Å². The third kappa shape index (κ3) is 3.47. The van der Waals surface area contributed by atoms with Gasteiger partial charge >= 0.3 is 0 Å². The molecule has 0 N–H and O–H groups in total. The van der Waals surface area contributed by atoms with Gasteiger partial charge in [0.15, 0.2) is 0 Å². The topological polar surface area (TPSA) is 59.2 Å². The van der Waals surface area contributed by atoms with Crippen LogP contribution in [0.3, 0.4) is 0 Å². The molecule has 1 amide bonds. The zero-order valence-corrected chi connectivity index (χ0v) is 15.1. The molecule has 0 aliphatic carbocycles. The summed E-state index contributed by atoms with van der Waals surface area (Å²) in [6.07, 6.45) is 2.54. The van der Waals surface area contributed by atoms with E-state index in [1.165, 1.54) is 12.1 Å². The van der Waals surface area contributed by atoms with Gasteiger partial charge in [0.05, 0.1) is 5.56 Å². The SMILES string of the molecule is Cc1cccc(-c2noc(C3CCCCN3C(=O)c3ccccc3F)n2)c1. The zero-order chi connectivity index (χ0) is 18.8. The van der Waals surface area contributed by atoms with E-state index < -0.39 is 5.82 Å². The van der Waals surface area contributed by atoms with Gasteiger partial charge in [-0.2, -0.15) is 4.98 Å². The quantitative estimate of drug-likeness (QED) is 0.683. The van der Waals surface area contributed by atoms with E-state index in [1.807, 2.05) is 31.2 Å². The van der Waals surface area contributed by atoms with Crippen LogP contribution in [0, 0.1) is 12.7 Å². The van der Waals surface area contributed by atoms with Crippen LogP contribution < -0.4 is 0 Å². The minimum Gasteiger partial charge on any atom is -0.337 e. The predicted molar refractivity (Wildman–Crippen MR) is 98.5 cm³/mol. The second-order valence-corrected chi connectivity index (χ2v) is 6.82. The molecule has 27 heavy (non-hydrogen) atoms. The van der Waals surface area contributed by atoms with Gasteiger partial charge in [-0.1, -0.05) is 41.1 Å². The van der Waals surface area contributed by atoms with Crippen LogP contribution in [0.1, 0.15) is 47.1 Å². The molecule has 2 heterocycles. The van der Waals surface area contributed by atoms with Crippen molar-refractivity contribution in [3.8, 4) is 11.4 Å². The molecule has 0 spiro atoms. The molecule has 3 aromatic rings. The Balaban J connectivity index is 1.64. The van der Waals surface area contributed by atoms with Crippen LogP contribution in [0.2, 0.25) is 0 Å². The normalized spacial score (nSPS) is 17.1. The van der Waals surface area contributed by atoms with E-state index in [0.717, 1.165) is 30.4 Å². The third-order valence-corrected chi connectivity index (χ3v) is 4.87. The highest BCUT2D eigenvalue weighted by Gasteiger charge is 2.33. The Kier molecular flexibility index (Phi) is 4.71. The minimum atomic E-state index is -0.516. The molecule has 1 fully saturated rings. The van der Waals surface area contributed by atoms with Crippen molar-refractivity contribution in [3.05, 3.63) is 71.4 Å². The average Bonchev–Trinajstić information content (AvgIpc) is 3.18. The van der Waals surface area contributed by atoms with Crippen molar-refractivity contribution in [2.45, 2.75) is 32.2 Å². The van der Waals surface area contributed by atoms with Crippen LogP contribution >= 0.6 is 0 Å². The lowest BCUT2D eigenvalue weighted by Crippen LogP contribution is -2.39. The monoisotopic (exact) mass is 365 g/mol. The molecule has 1 atom stereocenters. The number of amides is 1. The first-order valence-corrected chi connectivity index (χ1v) is 9.09. The van der Waals surface area contributed by atoms with Gasteiger partial charge in [-0.3, -0.25) is 4.79 Å². The fraction of sp³-hybridized carbons (Fsp3) is 0.286. The van der Waals surface area contributed by atoms with Crippen molar-refractivity contribution in [2.24, 2.45) is 0 Å². The maximum absolute atomic E-state index is 14.1. The predicted octanol–water partition coefficient (Wildman–Crippen LogP) is 4.55. The molecular formula is C21H20FN3O2. The second-order valence-electron chi connectivity index (χ2n) is 6.82. The van der Waals surface area contributed by atoms with E-state index in [9.17, 15) is 9.18 Å². The number of likely N-dealkylation sites (tertiary alicyclic amines) is 1. The molecule has 5 nitrogen and oxygen atoms in total. The summed E-state index contributed by atoms with van der Waals surface area (Å²) in [6.45, 7) is 2.54. The molecule has 2 aromatic carbocycles. The lowest BCUT2D eigenvalue weighted by atomic mass is 10.0. The number of hydrogen-bond donors (Lipinski definition) is 0. The number of piperidine rings is 1. The van der Waals surface area contributed by atoms with Crippen LogP contribution in [0.25, 0.3) is 11.4 Å². The van der Waals surface area contributed by atoms with E-state index in [4.69, 9.17) is 4.52 Å². The first-order chi connectivity index (χ1) is 13.1. The Hall–Kier alpha value is -3.02. The summed E-state index contributed by atoms with van der Waals surface area (Å²) in [5, 5.41) is 4.09.